The monoisotopic (exact) mass is 264 g/mol. The van der Waals surface area contributed by atoms with Gasteiger partial charge in [-0.2, -0.15) is 0 Å². The molecular weight excluding hydrogens is 244 g/mol. The van der Waals surface area contributed by atoms with Crippen molar-refractivity contribution in [3.63, 3.8) is 0 Å². The number of amides is 1. The van der Waals surface area contributed by atoms with Crippen LogP contribution in [0.1, 0.15) is 25.7 Å². The SMILES string of the molecule is COC1(CC(=O)Nc2cncnc2N(C)C)CCC1. The van der Waals surface area contributed by atoms with Crippen LogP contribution in [0.5, 0.6) is 0 Å². The van der Waals surface area contributed by atoms with Gasteiger partial charge in [-0.3, -0.25) is 4.79 Å². The average molecular weight is 264 g/mol. The highest BCUT2D eigenvalue weighted by Gasteiger charge is 2.39. The summed E-state index contributed by atoms with van der Waals surface area (Å²) < 4.78 is 5.46. The fourth-order valence-corrected chi connectivity index (χ4v) is 2.28. The largest absolute Gasteiger partial charge is 0.378 e. The van der Waals surface area contributed by atoms with E-state index in [2.05, 4.69) is 15.3 Å². The van der Waals surface area contributed by atoms with E-state index in [4.69, 9.17) is 4.74 Å². The minimum Gasteiger partial charge on any atom is -0.378 e. The molecule has 1 fully saturated rings. The van der Waals surface area contributed by atoms with Crippen molar-refractivity contribution in [2.75, 3.05) is 31.4 Å². The Bertz CT molecular complexity index is 452. The normalized spacial score (nSPS) is 16.6. The molecule has 1 N–H and O–H groups in total. The molecule has 104 valence electrons. The Hall–Kier alpha value is -1.69. The third kappa shape index (κ3) is 3.01. The number of methoxy groups -OCH3 is 1. The Kier molecular flexibility index (Phi) is 3.99. The Morgan fingerprint density at radius 2 is 2.26 bits per heavy atom. The summed E-state index contributed by atoms with van der Waals surface area (Å²) in [5.41, 5.74) is 0.362. The summed E-state index contributed by atoms with van der Waals surface area (Å²) in [6, 6.07) is 0. The van der Waals surface area contributed by atoms with E-state index >= 15 is 0 Å². The van der Waals surface area contributed by atoms with Gasteiger partial charge in [-0.15, -0.1) is 0 Å². The summed E-state index contributed by atoms with van der Waals surface area (Å²) in [6.07, 6.45) is 6.48. The van der Waals surface area contributed by atoms with E-state index < -0.39 is 0 Å². The van der Waals surface area contributed by atoms with Crippen LogP contribution in [-0.4, -0.2) is 42.7 Å². The van der Waals surface area contributed by atoms with Crippen LogP contribution in [0.2, 0.25) is 0 Å². The van der Waals surface area contributed by atoms with Gasteiger partial charge in [0.1, 0.15) is 12.0 Å². The van der Waals surface area contributed by atoms with Crippen LogP contribution in [0.4, 0.5) is 11.5 Å². The third-order valence-electron chi connectivity index (χ3n) is 3.57. The maximum Gasteiger partial charge on any atom is 0.227 e. The minimum atomic E-state index is -0.266. The van der Waals surface area contributed by atoms with Crippen LogP contribution in [-0.2, 0) is 9.53 Å². The van der Waals surface area contributed by atoms with Crippen molar-refractivity contribution in [2.24, 2.45) is 0 Å². The molecule has 6 nitrogen and oxygen atoms in total. The summed E-state index contributed by atoms with van der Waals surface area (Å²) in [5, 5.41) is 2.86. The summed E-state index contributed by atoms with van der Waals surface area (Å²) in [4.78, 5) is 22.0. The topological polar surface area (TPSA) is 67.3 Å². The Morgan fingerprint density at radius 3 is 2.79 bits per heavy atom. The molecule has 1 saturated carbocycles. The van der Waals surface area contributed by atoms with E-state index in [0.717, 1.165) is 19.3 Å². The van der Waals surface area contributed by atoms with Crippen molar-refractivity contribution in [3.05, 3.63) is 12.5 Å². The zero-order valence-corrected chi connectivity index (χ0v) is 11.6. The molecule has 0 aromatic carbocycles. The number of carbonyl (C=O) groups excluding carboxylic acids is 1. The van der Waals surface area contributed by atoms with Gasteiger partial charge in [0.2, 0.25) is 5.91 Å². The van der Waals surface area contributed by atoms with Gasteiger partial charge in [-0.25, -0.2) is 9.97 Å². The number of anilines is 2. The molecule has 6 heteroatoms. The number of aromatic nitrogens is 2. The van der Waals surface area contributed by atoms with Gasteiger partial charge in [0.05, 0.1) is 18.2 Å². The second kappa shape index (κ2) is 5.52. The molecule has 1 heterocycles. The number of hydrogen-bond acceptors (Lipinski definition) is 5. The lowest BCUT2D eigenvalue weighted by molar-refractivity contribution is -0.129. The number of nitrogens with one attached hydrogen (secondary N) is 1. The van der Waals surface area contributed by atoms with Crippen LogP contribution >= 0.6 is 0 Å². The molecule has 0 saturated heterocycles. The highest BCUT2D eigenvalue weighted by atomic mass is 16.5. The number of nitrogens with zero attached hydrogens (tertiary/aromatic N) is 3. The first-order valence-electron chi connectivity index (χ1n) is 6.39. The quantitative estimate of drug-likeness (QED) is 0.871. The van der Waals surface area contributed by atoms with Crippen molar-refractivity contribution in [1.82, 2.24) is 9.97 Å². The van der Waals surface area contributed by atoms with Crippen LogP contribution in [0.3, 0.4) is 0 Å². The fourth-order valence-electron chi connectivity index (χ4n) is 2.28. The molecule has 0 bridgehead atoms. The second-order valence-corrected chi connectivity index (χ2v) is 5.12. The van der Waals surface area contributed by atoms with Crippen molar-refractivity contribution < 1.29 is 9.53 Å². The Balaban J connectivity index is 2.03. The van der Waals surface area contributed by atoms with Crippen molar-refractivity contribution >= 4 is 17.4 Å². The van der Waals surface area contributed by atoms with Crippen LogP contribution in [0.15, 0.2) is 12.5 Å². The maximum atomic E-state index is 12.1. The van der Waals surface area contributed by atoms with Gasteiger partial charge < -0.3 is 15.0 Å². The molecule has 1 aliphatic carbocycles. The fraction of sp³-hybridized carbons (Fsp3) is 0.615. The molecule has 0 unspecified atom stereocenters. The van der Waals surface area contributed by atoms with E-state index in [1.54, 1.807) is 13.3 Å². The predicted molar refractivity (Wildman–Crippen MR) is 73.2 cm³/mol. The second-order valence-electron chi connectivity index (χ2n) is 5.12. The molecule has 1 amide bonds. The molecule has 0 atom stereocenters. The van der Waals surface area contributed by atoms with Crippen LogP contribution in [0, 0.1) is 0 Å². The smallest absolute Gasteiger partial charge is 0.227 e. The number of hydrogen-bond donors (Lipinski definition) is 1. The molecule has 0 aliphatic heterocycles. The van der Waals surface area contributed by atoms with Crippen LogP contribution < -0.4 is 10.2 Å². The maximum absolute atomic E-state index is 12.1. The van der Waals surface area contributed by atoms with Gasteiger partial charge in [0.25, 0.3) is 0 Å². The van der Waals surface area contributed by atoms with Gasteiger partial charge in [0.15, 0.2) is 5.82 Å². The molecule has 1 aliphatic rings. The minimum absolute atomic E-state index is 0.0561. The predicted octanol–water partition coefficient (Wildman–Crippen LogP) is 1.44. The van der Waals surface area contributed by atoms with E-state index in [-0.39, 0.29) is 11.5 Å². The highest BCUT2D eigenvalue weighted by molar-refractivity contribution is 5.94. The van der Waals surface area contributed by atoms with Gasteiger partial charge in [-0.05, 0) is 19.3 Å². The Labute approximate surface area is 113 Å². The first kappa shape index (κ1) is 13.7. The molecule has 1 aromatic rings. The lowest BCUT2D eigenvalue weighted by Crippen LogP contribution is -2.42. The summed E-state index contributed by atoms with van der Waals surface area (Å²) >= 11 is 0. The Morgan fingerprint density at radius 1 is 1.53 bits per heavy atom. The van der Waals surface area contributed by atoms with Crippen molar-refractivity contribution in [2.45, 2.75) is 31.3 Å². The molecular formula is C13H20N4O2. The third-order valence-corrected chi connectivity index (χ3v) is 3.57. The van der Waals surface area contributed by atoms with E-state index in [1.807, 2.05) is 19.0 Å². The number of ether oxygens (including phenoxy) is 1. The number of carbonyl (C=O) groups is 1. The molecule has 0 radical (unpaired) electrons. The van der Waals surface area contributed by atoms with E-state index in [9.17, 15) is 4.79 Å². The summed E-state index contributed by atoms with van der Waals surface area (Å²) in [5.74, 6) is 0.642. The van der Waals surface area contributed by atoms with E-state index in [0.29, 0.717) is 17.9 Å². The zero-order valence-electron chi connectivity index (χ0n) is 11.6. The lowest BCUT2D eigenvalue weighted by Gasteiger charge is -2.39. The van der Waals surface area contributed by atoms with Crippen molar-refractivity contribution in [1.29, 1.82) is 0 Å². The first-order valence-corrected chi connectivity index (χ1v) is 6.39. The summed E-state index contributed by atoms with van der Waals surface area (Å²) in [7, 11) is 5.42. The number of rotatable bonds is 5. The molecule has 0 spiro atoms. The molecule has 19 heavy (non-hydrogen) atoms. The highest BCUT2D eigenvalue weighted by Crippen LogP contribution is 2.38. The van der Waals surface area contributed by atoms with Gasteiger partial charge in [-0.1, -0.05) is 0 Å². The lowest BCUT2D eigenvalue weighted by atomic mass is 9.77. The summed E-state index contributed by atoms with van der Waals surface area (Å²) in [6.45, 7) is 0. The van der Waals surface area contributed by atoms with Crippen molar-refractivity contribution in [3.8, 4) is 0 Å². The zero-order chi connectivity index (χ0) is 13.9. The molecule has 1 aromatic heterocycles. The average Bonchev–Trinajstić information content (AvgIpc) is 2.34. The van der Waals surface area contributed by atoms with Crippen LogP contribution in [0.25, 0.3) is 0 Å². The van der Waals surface area contributed by atoms with Gasteiger partial charge in [0, 0.05) is 21.2 Å². The van der Waals surface area contributed by atoms with Gasteiger partial charge >= 0.3 is 0 Å². The first-order chi connectivity index (χ1) is 9.06. The standard InChI is InChI=1S/C13H20N4O2/c1-17(2)12-10(8-14-9-15-12)16-11(18)7-13(19-3)5-4-6-13/h8-9H,4-7H2,1-3H3,(H,16,18). The molecule has 2 rings (SSSR count). The van der Waals surface area contributed by atoms with E-state index in [1.165, 1.54) is 6.33 Å².